The molecule has 2 N–H and O–H groups in total. The van der Waals surface area contributed by atoms with Crippen molar-refractivity contribution in [2.45, 2.75) is 0 Å². The number of halogens is 1. The number of methoxy groups -OCH3 is 1. The van der Waals surface area contributed by atoms with Crippen LogP contribution >= 0.6 is 11.6 Å². The Kier molecular flexibility index (Phi) is 3.60. The van der Waals surface area contributed by atoms with Gasteiger partial charge >= 0.3 is 5.97 Å². The summed E-state index contributed by atoms with van der Waals surface area (Å²) in [6.45, 7) is 0. The molecule has 114 valence electrons. The predicted octanol–water partition coefficient (Wildman–Crippen LogP) is 2.31. The summed E-state index contributed by atoms with van der Waals surface area (Å²) >= 11 is 6.08. The van der Waals surface area contributed by atoms with Crippen molar-refractivity contribution in [2.75, 3.05) is 12.8 Å². The van der Waals surface area contributed by atoms with E-state index in [0.29, 0.717) is 16.6 Å². The van der Waals surface area contributed by atoms with Gasteiger partial charge in [0.1, 0.15) is 17.5 Å². The summed E-state index contributed by atoms with van der Waals surface area (Å²) in [5, 5.41) is 10.0. The minimum Gasteiger partial charge on any atom is -0.464 e. The molecule has 0 saturated carbocycles. The quantitative estimate of drug-likeness (QED) is 0.571. The van der Waals surface area contributed by atoms with E-state index in [0.717, 1.165) is 0 Å². The third kappa shape index (κ3) is 2.35. The first kappa shape index (κ1) is 14.8. The maximum Gasteiger partial charge on any atom is 0.357 e. The number of nitrogens with two attached hydrogens (primary N) is 1. The molecule has 0 atom stereocenters. The van der Waals surface area contributed by atoms with Crippen LogP contribution in [-0.4, -0.2) is 27.6 Å². The second-order valence-electron chi connectivity index (χ2n) is 4.64. The van der Waals surface area contributed by atoms with Crippen LogP contribution in [0.3, 0.4) is 0 Å². The molecule has 8 heteroatoms. The molecule has 0 radical (unpaired) electrons. The van der Waals surface area contributed by atoms with Gasteiger partial charge in [-0.25, -0.2) is 14.8 Å². The number of nitrogens with zero attached hydrogens (tertiary/aromatic N) is 4. The lowest BCUT2D eigenvalue weighted by Gasteiger charge is -2.09. The van der Waals surface area contributed by atoms with Gasteiger partial charge in [0.15, 0.2) is 5.69 Å². The van der Waals surface area contributed by atoms with Gasteiger partial charge in [0.05, 0.1) is 23.9 Å². The zero-order chi connectivity index (χ0) is 16.6. The Balaban J connectivity index is 2.28. The number of anilines is 1. The molecule has 0 amide bonds. The summed E-state index contributed by atoms with van der Waals surface area (Å²) in [6, 6.07) is 7.13. The highest BCUT2D eigenvalue weighted by Gasteiger charge is 2.21. The summed E-state index contributed by atoms with van der Waals surface area (Å²) in [6.07, 6.45) is 2.84. The molecule has 0 saturated heterocycles. The van der Waals surface area contributed by atoms with Crippen molar-refractivity contribution in [3.63, 3.8) is 0 Å². The largest absolute Gasteiger partial charge is 0.464 e. The number of esters is 1. The number of rotatable bonds is 2. The van der Waals surface area contributed by atoms with Gasteiger partial charge in [-0.1, -0.05) is 11.6 Å². The van der Waals surface area contributed by atoms with Crippen molar-refractivity contribution in [1.82, 2.24) is 14.5 Å². The van der Waals surface area contributed by atoms with E-state index in [-0.39, 0.29) is 22.1 Å². The Bertz CT molecular complexity index is 974. The lowest BCUT2D eigenvalue weighted by Crippen LogP contribution is -2.11. The van der Waals surface area contributed by atoms with Crippen molar-refractivity contribution >= 4 is 34.2 Å². The van der Waals surface area contributed by atoms with Crippen LogP contribution in [0.2, 0.25) is 5.15 Å². The number of hydrogen-bond acceptors (Lipinski definition) is 6. The molecule has 0 fully saturated rings. The Morgan fingerprint density at radius 3 is 2.91 bits per heavy atom. The predicted molar refractivity (Wildman–Crippen MR) is 84.3 cm³/mol. The highest BCUT2D eigenvalue weighted by Crippen LogP contribution is 2.27. The number of ether oxygens (including phenoxy) is 1. The molecule has 1 aromatic carbocycles. The van der Waals surface area contributed by atoms with E-state index in [1.165, 1.54) is 24.2 Å². The molecular weight excluding hydrogens is 318 g/mol. The molecule has 2 aromatic heterocycles. The zero-order valence-corrected chi connectivity index (χ0v) is 12.7. The van der Waals surface area contributed by atoms with Crippen molar-refractivity contribution in [1.29, 1.82) is 5.26 Å². The average Bonchev–Trinajstić information content (AvgIpc) is 2.91. The fourth-order valence-corrected chi connectivity index (χ4v) is 2.48. The summed E-state index contributed by atoms with van der Waals surface area (Å²) in [5.41, 5.74) is 7.45. The Hall–Kier alpha value is -3.11. The number of benzene rings is 1. The second-order valence-corrected chi connectivity index (χ2v) is 5.00. The Morgan fingerprint density at radius 2 is 2.22 bits per heavy atom. The van der Waals surface area contributed by atoms with Crippen LogP contribution in [0.25, 0.3) is 16.6 Å². The number of nitrogen functional groups attached to an aromatic ring is 1. The number of carbonyl (C=O) groups excluding carboxylic acids is 1. The third-order valence-electron chi connectivity index (χ3n) is 3.39. The number of nitriles is 1. The standard InChI is InChI=1S/C15H10ClN5O2/c1-23-15(22)13-12(18)8(5-17)6-21(13)9-2-3-11-10(4-9)14(16)20-7-19-11/h2-4,6-7H,18H2,1H3. The molecule has 3 rings (SSSR count). The molecule has 3 aromatic rings. The van der Waals surface area contributed by atoms with Crippen LogP contribution in [-0.2, 0) is 4.74 Å². The lowest BCUT2D eigenvalue weighted by molar-refractivity contribution is 0.0593. The Labute approximate surface area is 135 Å². The van der Waals surface area contributed by atoms with E-state index in [2.05, 4.69) is 9.97 Å². The number of carbonyl (C=O) groups is 1. The second kappa shape index (κ2) is 5.59. The smallest absolute Gasteiger partial charge is 0.357 e. The summed E-state index contributed by atoms with van der Waals surface area (Å²) in [5.74, 6) is -0.639. The third-order valence-corrected chi connectivity index (χ3v) is 3.69. The number of fused-ring (bicyclic) bond motifs is 1. The van der Waals surface area contributed by atoms with E-state index >= 15 is 0 Å². The monoisotopic (exact) mass is 327 g/mol. The van der Waals surface area contributed by atoms with E-state index in [1.54, 1.807) is 18.2 Å². The number of aromatic nitrogens is 3. The minimum atomic E-state index is -0.639. The molecule has 7 nitrogen and oxygen atoms in total. The van der Waals surface area contributed by atoms with Crippen LogP contribution in [0.5, 0.6) is 0 Å². The van der Waals surface area contributed by atoms with Gasteiger partial charge in [0.2, 0.25) is 0 Å². The first-order chi connectivity index (χ1) is 11.1. The highest BCUT2D eigenvalue weighted by molar-refractivity contribution is 6.34. The summed E-state index contributed by atoms with van der Waals surface area (Å²) in [7, 11) is 1.25. The van der Waals surface area contributed by atoms with Gasteiger partial charge in [0.25, 0.3) is 0 Å². The maximum atomic E-state index is 12.0. The van der Waals surface area contributed by atoms with E-state index < -0.39 is 5.97 Å². The Morgan fingerprint density at radius 1 is 1.43 bits per heavy atom. The molecule has 0 spiro atoms. The zero-order valence-electron chi connectivity index (χ0n) is 11.9. The van der Waals surface area contributed by atoms with Crippen molar-refractivity contribution in [2.24, 2.45) is 0 Å². The maximum absolute atomic E-state index is 12.0. The number of hydrogen-bond donors (Lipinski definition) is 1. The lowest BCUT2D eigenvalue weighted by atomic mass is 10.2. The molecular formula is C15H10ClN5O2. The van der Waals surface area contributed by atoms with Crippen LogP contribution in [0, 0.1) is 11.3 Å². The topological polar surface area (TPSA) is 107 Å². The van der Waals surface area contributed by atoms with Gasteiger partial charge in [-0.2, -0.15) is 5.26 Å². The fraction of sp³-hybridized carbons (Fsp3) is 0.0667. The van der Waals surface area contributed by atoms with Crippen LogP contribution < -0.4 is 5.73 Å². The minimum absolute atomic E-state index is 0.0647. The van der Waals surface area contributed by atoms with Crippen LogP contribution in [0.1, 0.15) is 16.1 Å². The van der Waals surface area contributed by atoms with Gasteiger partial charge in [-0.3, -0.25) is 0 Å². The van der Waals surface area contributed by atoms with Gasteiger partial charge in [-0.15, -0.1) is 0 Å². The first-order valence-corrected chi connectivity index (χ1v) is 6.84. The van der Waals surface area contributed by atoms with Crippen molar-refractivity contribution in [3.8, 4) is 11.8 Å². The molecule has 2 heterocycles. The van der Waals surface area contributed by atoms with E-state index in [1.807, 2.05) is 6.07 Å². The highest BCUT2D eigenvalue weighted by atomic mass is 35.5. The summed E-state index contributed by atoms with van der Waals surface area (Å²) in [4.78, 5) is 20.1. The van der Waals surface area contributed by atoms with Gasteiger partial charge < -0.3 is 15.0 Å². The fourth-order valence-electron chi connectivity index (χ4n) is 2.28. The summed E-state index contributed by atoms with van der Waals surface area (Å²) < 4.78 is 6.24. The van der Waals surface area contributed by atoms with E-state index in [4.69, 9.17) is 27.3 Å². The van der Waals surface area contributed by atoms with Crippen molar-refractivity contribution < 1.29 is 9.53 Å². The van der Waals surface area contributed by atoms with Crippen LogP contribution in [0.15, 0.2) is 30.7 Å². The normalized spacial score (nSPS) is 10.5. The molecule has 23 heavy (non-hydrogen) atoms. The molecule has 0 aliphatic heterocycles. The first-order valence-electron chi connectivity index (χ1n) is 6.46. The van der Waals surface area contributed by atoms with Crippen LogP contribution in [0.4, 0.5) is 5.69 Å². The molecule has 0 unspecified atom stereocenters. The molecule has 0 aliphatic carbocycles. The average molecular weight is 328 g/mol. The molecule has 0 aliphatic rings. The van der Waals surface area contributed by atoms with Crippen molar-refractivity contribution in [3.05, 3.63) is 47.1 Å². The van der Waals surface area contributed by atoms with E-state index in [9.17, 15) is 4.79 Å². The van der Waals surface area contributed by atoms with Gasteiger partial charge in [0, 0.05) is 17.3 Å². The molecule has 0 bridgehead atoms. The van der Waals surface area contributed by atoms with Gasteiger partial charge in [-0.05, 0) is 18.2 Å². The SMILES string of the molecule is COC(=O)c1c(N)c(C#N)cn1-c1ccc2ncnc(Cl)c2c1.